The van der Waals surface area contributed by atoms with Gasteiger partial charge in [0.2, 0.25) is 5.91 Å². The summed E-state index contributed by atoms with van der Waals surface area (Å²) in [4.78, 5) is 29.1. The zero-order chi connectivity index (χ0) is 17.8. The Bertz CT molecular complexity index is 907. The largest absolute Gasteiger partial charge is 0.350 e. The maximum Gasteiger partial charge on any atom is 0.329 e. The molecule has 0 bridgehead atoms. The first-order valence-electron chi connectivity index (χ1n) is 8.53. The van der Waals surface area contributed by atoms with Crippen molar-refractivity contribution in [3.05, 3.63) is 53.5 Å². The lowest BCUT2D eigenvalue weighted by Crippen LogP contribution is -2.39. The first-order valence-corrected chi connectivity index (χ1v) is 8.53. The van der Waals surface area contributed by atoms with Gasteiger partial charge in [0.05, 0.1) is 17.4 Å². The second kappa shape index (κ2) is 7.38. The highest BCUT2D eigenvalue weighted by Crippen LogP contribution is 2.13. The summed E-state index contributed by atoms with van der Waals surface area (Å²) in [7, 11) is 0. The van der Waals surface area contributed by atoms with Gasteiger partial charge in [-0.15, -0.1) is 0 Å². The molecule has 1 N–H and O–H groups in total. The molecule has 2 heterocycles. The summed E-state index contributed by atoms with van der Waals surface area (Å²) in [5.41, 5.74) is 1.52. The van der Waals surface area contributed by atoms with Crippen LogP contribution in [0.2, 0.25) is 0 Å². The first-order chi connectivity index (χ1) is 12.1. The lowest BCUT2D eigenvalue weighted by atomic mass is 10.3. The number of nitrogens with zero attached hydrogens (tertiary/aromatic N) is 4. The molecule has 0 radical (unpaired) electrons. The lowest BCUT2D eigenvalue weighted by molar-refractivity contribution is -0.122. The SMILES string of the molecule is CCCn1c(=O)n(CC(=O)NC(C)Cn2ccnc2)c2ccccc21. The Morgan fingerprint density at radius 2 is 1.96 bits per heavy atom. The molecule has 1 aromatic carbocycles. The monoisotopic (exact) mass is 341 g/mol. The molecule has 1 unspecified atom stereocenters. The predicted molar refractivity (Wildman–Crippen MR) is 96.3 cm³/mol. The molecule has 3 aromatic rings. The molecule has 7 heteroatoms. The van der Waals surface area contributed by atoms with Crippen LogP contribution in [0.25, 0.3) is 11.0 Å². The zero-order valence-electron chi connectivity index (χ0n) is 14.6. The van der Waals surface area contributed by atoms with E-state index in [-0.39, 0.29) is 24.2 Å². The van der Waals surface area contributed by atoms with Crippen molar-refractivity contribution in [3.8, 4) is 0 Å². The van der Waals surface area contributed by atoms with E-state index < -0.39 is 0 Å². The number of hydrogen-bond acceptors (Lipinski definition) is 3. The molecule has 25 heavy (non-hydrogen) atoms. The molecule has 1 amide bonds. The Morgan fingerprint density at radius 1 is 1.24 bits per heavy atom. The van der Waals surface area contributed by atoms with Crippen LogP contribution in [0.1, 0.15) is 20.3 Å². The molecule has 0 spiro atoms. The topological polar surface area (TPSA) is 73.8 Å². The van der Waals surface area contributed by atoms with Crippen molar-refractivity contribution in [2.24, 2.45) is 0 Å². The number of amides is 1. The average Bonchev–Trinajstić information content (AvgIpc) is 3.17. The first kappa shape index (κ1) is 17.0. The van der Waals surface area contributed by atoms with Crippen molar-refractivity contribution in [1.82, 2.24) is 24.0 Å². The molecule has 0 aliphatic heterocycles. The molecule has 7 nitrogen and oxygen atoms in total. The minimum atomic E-state index is -0.172. The smallest absolute Gasteiger partial charge is 0.329 e. The summed E-state index contributed by atoms with van der Waals surface area (Å²) in [6.45, 7) is 5.26. The number of carbonyl (C=O) groups is 1. The maximum atomic E-state index is 12.7. The molecular formula is C18H23N5O2. The third-order valence-corrected chi connectivity index (χ3v) is 4.13. The van der Waals surface area contributed by atoms with Crippen LogP contribution >= 0.6 is 0 Å². The van der Waals surface area contributed by atoms with Crippen LogP contribution in [0.5, 0.6) is 0 Å². The predicted octanol–water partition coefficient (Wildman–Crippen LogP) is 1.61. The fourth-order valence-electron chi connectivity index (χ4n) is 3.09. The highest BCUT2D eigenvalue weighted by molar-refractivity contribution is 5.81. The molecule has 3 rings (SSSR count). The minimum absolute atomic E-state index is 0.0182. The molecule has 132 valence electrons. The molecule has 0 saturated heterocycles. The van der Waals surface area contributed by atoms with E-state index in [0.29, 0.717) is 13.1 Å². The molecule has 0 aliphatic rings. The Hall–Kier alpha value is -2.83. The molecule has 0 saturated carbocycles. The number of fused-ring (bicyclic) bond motifs is 1. The van der Waals surface area contributed by atoms with Crippen LogP contribution in [0, 0.1) is 0 Å². The van der Waals surface area contributed by atoms with Crippen LogP contribution < -0.4 is 11.0 Å². The van der Waals surface area contributed by atoms with E-state index in [1.165, 1.54) is 0 Å². The fraction of sp³-hybridized carbons (Fsp3) is 0.389. The zero-order valence-corrected chi connectivity index (χ0v) is 14.6. The second-order valence-corrected chi connectivity index (χ2v) is 6.24. The van der Waals surface area contributed by atoms with Crippen molar-refractivity contribution in [1.29, 1.82) is 0 Å². The van der Waals surface area contributed by atoms with Crippen molar-refractivity contribution >= 4 is 16.9 Å². The van der Waals surface area contributed by atoms with Crippen molar-refractivity contribution in [2.75, 3.05) is 0 Å². The quantitative estimate of drug-likeness (QED) is 0.709. The van der Waals surface area contributed by atoms with Crippen LogP contribution in [-0.4, -0.2) is 30.6 Å². The maximum absolute atomic E-state index is 12.7. The number of hydrogen-bond donors (Lipinski definition) is 1. The Balaban J connectivity index is 1.77. The number of rotatable bonds is 7. The number of carbonyl (C=O) groups excluding carboxylic acids is 1. The Kier molecular flexibility index (Phi) is 5.02. The fourth-order valence-corrected chi connectivity index (χ4v) is 3.09. The number of nitrogens with one attached hydrogen (secondary N) is 1. The van der Waals surface area contributed by atoms with Gasteiger partial charge in [0.15, 0.2) is 0 Å². The summed E-state index contributed by atoms with van der Waals surface area (Å²) in [5.74, 6) is -0.172. The molecule has 1 atom stereocenters. The molecule has 0 fully saturated rings. The summed E-state index contributed by atoms with van der Waals surface area (Å²) < 4.78 is 5.19. The number of benzene rings is 1. The van der Waals surface area contributed by atoms with E-state index >= 15 is 0 Å². The van der Waals surface area contributed by atoms with E-state index in [4.69, 9.17) is 0 Å². The lowest BCUT2D eigenvalue weighted by Gasteiger charge is -2.14. The van der Waals surface area contributed by atoms with Crippen LogP contribution in [-0.2, 0) is 24.4 Å². The minimum Gasteiger partial charge on any atom is -0.350 e. The van der Waals surface area contributed by atoms with Crippen LogP contribution in [0.15, 0.2) is 47.8 Å². The summed E-state index contributed by atoms with van der Waals surface area (Å²) in [6.07, 6.45) is 6.13. The standard InChI is InChI=1S/C18H23N5O2/c1-3-9-22-15-6-4-5-7-16(15)23(18(22)25)12-17(24)20-14(2)11-21-10-8-19-13-21/h4-8,10,13-14H,3,9,11-12H2,1-2H3,(H,20,24). The summed E-state index contributed by atoms with van der Waals surface area (Å²) in [6, 6.07) is 7.54. The normalized spacial score (nSPS) is 12.4. The van der Waals surface area contributed by atoms with Gasteiger partial charge in [-0.3, -0.25) is 13.9 Å². The van der Waals surface area contributed by atoms with E-state index in [2.05, 4.69) is 10.3 Å². The summed E-state index contributed by atoms with van der Waals surface area (Å²) in [5, 5.41) is 2.94. The van der Waals surface area contributed by atoms with E-state index in [0.717, 1.165) is 17.5 Å². The van der Waals surface area contributed by atoms with Crippen molar-refractivity contribution in [2.45, 2.75) is 45.9 Å². The number of aromatic nitrogens is 4. The van der Waals surface area contributed by atoms with Gasteiger partial charge in [-0.25, -0.2) is 9.78 Å². The highest BCUT2D eigenvalue weighted by atomic mass is 16.2. The van der Waals surface area contributed by atoms with Gasteiger partial charge in [0.25, 0.3) is 0 Å². The Labute approximate surface area is 145 Å². The average molecular weight is 341 g/mol. The number of para-hydroxylation sites is 2. The van der Waals surface area contributed by atoms with Crippen molar-refractivity contribution < 1.29 is 4.79 Å². The van der Waals surface area contributed by atoms with E-state index in [9.17, 15) is 9.59 Å². The van der Waals surface area contributed by atoms with Gasteiger partial charge < -0.3 is 9.88 Å². The van der Waals surface area contributed by atoms with Gasteiger partial charge in [-0.2, -0.15) is 0 Å². The van der Waals surface area contributed by atoms with Crippen LogP contribution in [0.3, 0.4) is 0 Å². The van der Waals surface area contributed by atoms with Gasteiger partial charge in [0, 0.05) is 31.5 Å². The second-order valence-electron chi connectivity index (χ2n) is 6.24. The number of aryl methyl sites for hydroxylation is 1. The van der Waals surface area contributed by atoms with Gasteiger partial charge in [-0.05, 0) is 25.5 Å². The molecule has 2 aromatic heterocycles. The Morgan fingerprint density at radius 3 is 2.60 bits per heavy atom. The van der Waals surface area contributed by atoms with Gasteiger partial charge in [-0.1, -0.05) is 19.1 Å². The third kappa shape index (κ3) is 3.65. The molecule has 0 aliphatic carbocycles. The van der Waals surface area contributed by atoms with Gasteiger partial charge >= 0.3 is 5.69 Å². The van der Waals surface area contributed by atoms with Gasteiger partial charge in [0.1, 0.15) is 6.54 Å². The summed E-state index contributed by atoms with van der Waals surface area (Å²) >= 11 is 0. The van der Waals surface area contributed by atoms with E-state index in [1.54, 1.807) is 21.7 Å². The number of imidazole rings is 2. The molecular weight excluding hydrogens is 318 g/mol. The van der Waals surface area contributed by atoms with E-state index in [1.807, 2.05) is 48.9 Å². The highest BCUT2D eigenvalue weighted by Gasteiger charge is 2.16. The van der Waals surface area contributed by atoms with Crippen LogP contribution in [0.4, 0.5) is 0 Å². The van der Waals surface area contributed by atoms with Crippen molar-refractivity contribution in [3.63, 3.8) is 0 Å². The third-order valence-electron chi connectivity index (χ3n) is 4.13.